The highest BCUT2D eigenvalue weighted by Gasteiger charge is 2.13. The third kappa shape index (κ3) is 9.34. The second-order valence-electron chi connectivity index (χ2n) is 4.41. The summed E-state index contributed by atoms with van der Waals surface area (Å²) in [5.74, 6) is -0.532. The van der Waals surface area contributed by atoms with E-state index in [4.69, 9.17) is 5.11 Å². The Morgan fingerprint density at radius 3 is 2.38 bits per heavy atom. The molecule has 3 nitrogen and oxygen atoms in total. The van der Waals surface area contributed by atoms with E-state index in [1.807, 2.05) is 6.92 Å². The highest BCUT2D eigenvalue weighted by atomic mass is 16.4. The van der Waals surface area contributed by atoms with Crippen LogP contribution in [0, 0.1) is 5.92 Å². The molecule has 0 rings (SSSR count). The monoisotopic (exact) mass is 188 g/mol. The van der Waals surface area contributed by atoms with Gasteiger partial charge in [0.1, 0.15) is 0 Å². The first-order valence-electron chi connectivity index (χ1n) is 4.75. The molecule has 0 aliphatic carbocycles. The SMILES string of the molecule is C[C@@H](CCCC(C)(C)O)CC(=O)O. The van der Waals surface area contributed by atoms with E-state index in [9.17, 15) is 9.90 Å². The summed E-state index contributed by atoms with van der Waals surface area (Å²) in [4.78, 5) is 10.3. The summed E-state index contributed by atoms with van der Waals surface area (Å²) in [6, 6.07) is 0. The van der Waals surface area contributed by atoms with Gasteiger partial charge in [0.15, 0.2) is 0 Å². The van der Waals surface area contributed by atoms with E-state index < -0.39 is 11.6 Å². The number of aliphatic hydroxyl groups is 1. The van der Waals surface area contributed by atoms with Crippen LogP contribution < -0.4 is 0 Å². The summed E-state index contributed by atoms with van der Waals surface area (Å²) in [5, 5.41) is 17.9. The molecule has 0 aromatic rings. The lowest BCUT2D eigenvalue weighted by Crippen LogP contribution is -2.18. The molecule has 2 N–H and O–H groups in total. The van der Waals surface area contributed by atoms with Crippen molar-refractivity contribution in [3.05, 3.63) is 0 Å². The van der Waals surface area contributed by atoms with Crippen molar-refractivity contribution in [2.75, 3.05) is 0 Å². The van der Waals surface area contributed by atoms with Gasteiger partial charge in [-0.25, -0.2) is 0 Å². The molecule has 0 unspecified atom stereocenters. The number of hydrogen-bond donors (Lipinski definition) is 2. The van der Waals surface area contributed by atoms with Gasteiger partial charge in [-0.15, -0.1) is 0 Å². The average Bonchev–Trinajstić information content (AvgIpc) is 1.81. The molecular formula is C10H20O3. The van der Waals surface area contributed by atoms with E-state index in [1.165, 1.54) is 0 Å². The lowest BCUT2D eigenvalue weighted by Gasteiger charge is -2.17. The molecule has 0 aromatic carbocycles. The Labute approximate surface area is 79.8 Å². The second kappa shape index (κ2) is 5.22. The number of carbonyl (C=O) groups is 1. The van der Waals surface area contributed by atoms with Gasteiger partial charge in [-0.2, -0.15) is 0 Å². The zero-order valence-corrected chi connectivity index (χ0v) is 8.71. The van der Waals surface area contributed by atoms with E-state index in [-0.39, 0.29) is 12.3 Å². The van der Waals surface area contributed by atoms with Crippen molar-refractivity contribution in [2.45, 2.75) is 52.1 Å². The molecule has 78 valence electrons. The number of hydrogen-bond acceptors (Lipinski definition) is 2. The van der Waals surface area contributed by atoms with Gasteiger partial charge in [0.05, 0.1) is 5.60 Å². The van der Waals surface area contributed by atoms with E-state index in [0.29, 0.717) is 0 Å². The number of aliphatic carboxylic acids is 1. The van der Waals surface area contributed by atoms with Crippen molar-refractivity contribution in [3.63, 3.8) is 0 Å². The second-order valence-corrected chi connectivity index (χ2v) is 4.41. The molecule has 0 bridgehead atoms. The van der Waals surface area contributed by atoms with Crippen LogP contribution >= 0.6 is 0 Å². The predicted octanol–water partition coefficient (Wildman–Crippen LogP) is 2.04. The molecule has 0 spiro atoms. The fourth-order valence-corrected chi connectivity index (χ4v) is 1.28. The minimum Gasteiger partial charge on any atom is -0.481 e. The van der Waals surface area contributed by atoms with E-state index in [1.54, 1.807) is 13.8 Å². The standard InChI is InChI=1S/C10H20O3/c1-8(7-9(11)12)5-4-6-10(2,3)13/h8,13H,4-7H2,1-3H3,(H,11,12)/t8-/m0/s1. The maximum atomic E-state index is 10.3. The van der Waals surface area contributed by atoms with Gasteiger partial charge in [0.25, 0.3) is 0 Å². The van der Waals surface area contributed by atoms with Gasteiger partial charge < -0.3 is 10.2 Å². The average molecular weight is 188 g/mol. The van der Waals surface area contributed by atoms with Crippen molar-refractivity contribution in [1.82, 2.24) is 0 Å². The number of carboxylic acids is 1. The summed E-state index contributed by atoms with van der Waals surface area (Å²) in [7, 11) is 0. The third-order valence-electron chi connectivity index (χ3n) is 2.01. The maximum Gasteiger partial charge on any atom is 0.303 e. The first-order chi connectivity index (χ1) is 5.81. The molecule has 13 heavy (non-hydrogen) atoms. The minimum absolute atomic E-state index is 0.208. The van der Waals surface area contributed by atoms with E-state index in [2.05, 4.69) is 0 Å². The summed E-state index contributed by atoms with van der Waals surface area (Å²) in [5.41, 5.74) is -0.622. The van der Waals surface area contributed by atoms with Crippen molar-refractivity contribution < 1.29 is 15.0 Å². The topological polar surface area (TPSA) is 57.5 Å². The van der Waals surface area contributed by atoms with Crippen LogP contribution in [0.25, 0.3) is 0 Å². The molecule has 0 fully saturated rings. The van der Waals surface area contributed by atoms with Crippen molar-refractivity contribution >= 4 is 5.97 Å². The van der Waals surface area contributed by atoms with Gasteiger partial charge >= 0.3 is 5.97 Å². The van der Waals surface area contributed by atoms with Crippen LogP contribution in [0.2, 0.25) is 0 Å². The zero-order chi connectivity index (χ0) is 10.5. The first-order valence-corrected chi connectivity index (χ1v) is 4.75. The number of rotatable bonds is 6. The van der Waals surface area contributed by atoms with Crippen LogP contribution in [0.15, 0.2) is 0 Å². The Morgan fingerprint density at radius 1 is 1.46 bits per heavy atom. The Bertz CT molecular complexity index is 158. The molecule has 0 heterocycles. The lowest BCUT2D eigenvalue weighted by atomic mass is 9.95. The summed E-state index contributed by atoms with van der Waals surface area (Å²) in [6.07, 6.45) is 2.72. The quantitative estimate of drug-likeness (QED) is 0.670. The third-order valence-corrected chi connectivity index (χ3v) is 2.01. The summed E-state index contributed by atoms with van der Waals surface area (Å²) >= 11 is 0. The fraction of sp³-hybridized carbons (Fsp3) is 0.900. The largest absolute Gasteiger partial charge is 0.481 e. The van der Waals surface area contributed by atoms with Gasteiger partial charge in [-0.1, -0.05) is 19.8 Å². The van der Waals surface area contributed by atoms with E-state index >= 15 is 0 Å². The molecule has 0 radical (unpaired) electrons. The Balaban J connectivity index is 3.48. The molecular weight excluding hydrogens is 168 g/mol. The Morgan fingerprint density at radius 2 is 2.00 bits per heavy atom. The van der Waals surface area contributed by atoms with Crippen LogP contribution in [0.1, 0.15) is 46.5 Å². The van der Waals surface area contributed by atoms with Crippen molar-refractivity contribution in [3.8, 4) is 0 Å². The van der Waals surface area contributed by atoms with Crippen molar-refractivity contribution in [2.24, 2.45) is 5.92 Å². The molecule has 0 saturated heterocycles. The lowest BCUT2D eigenvalue weighted by molar-refractivity contribution is -0.138. The maximum absolute atomic E-state index is 10.3. The van der Waals surface area contributed by atoms with Crippen LogP contribution in [-0.4, -0.2) is 21.8 Å². The van der Waals surface area contributed by atoms with Crippen LogP contribution in [-0.2, 0) is 4.79 Å². The van der Waals surface area contributed by atoms with Gasteiger partial charge in [-0.3, -0.25) is 4.79 Å². The molecule has 3 heteroatoms. The number of carboxylic acid groups (broad SMARTS) is 1. The normalized spacial score (nSPS) is 14.2. The summed E-state index contributed by atoms with van der Waals surface area (Å²) in [6.45, 7) is 5.47. The molecule has 1 atom stereocenters. The van der Waals surface area contributed by atoms with Crippen LogP contribution in [0.4, 0.5) is 0 Å². The van der Waals surface area contributed by atoms with Crippen LogP contribution in [0.3, 0.4) is 0 Å². The molecule has 0 saturated carbocycles. The van der Waals surface area contributed by atoms with Crippen molar-refractivity contribution in [1.29, 1.82) is 0 Å². The minimum atomic E-state index is -0.740. The Kier molecular flexibility index (Phi) is 4.99. The highest BCUT2D eigenvalue weighted by Crippen LogP contribution is 2.17. The molecule has 0 aliphatic heterocycles. The molecule has 0 aromatic heterocycles. The first kappa shape index (κ1) is 12.4. The van der Waals surface area contributed by atoms with Gasteiger partial charge in [-0.05, 0) is 26.2 Å². The van der Waals surface area contributed by atoms with Gasteiger partial charge in [0.2, 0.25) is 0 Å². The van der Waals surface area contributed by atoms with Crippen LogP contribution in [0.5, 0.6) is 0 Å². The molecule has 0 amide bonds. The molecule has 0 aliphatic rings. The zero-order valence-electron chi connectivity index (χ0n) is 8.71. The highest BCUT2D eigenvalue weighted by molar-refractivity contribution is 5.66. The van der Waals surface area contributed by atoms with Gasteiger partial charge in [0, 0.05) is 6.42 Å². The smallest absolute Gasteiger partial charge is 0.303 e. The fourth-order valence-electron chi connectivity index (χ4n) is 1.28. The summed E-state index contributed by atoms with van der Waals surface area (Å²) < 4.78 is 0. The predicted molar refractivity (Wildman–Crippen MR) is 51.6 cm³/mol. The van der Waals surface area contributed by atoms with E-state index in [0.717, 1.165) is 19.3 Å². The Hall–Kier alpha value is -0.570.